The third-order valence-electron chi connectivity index (χ3n) is 3.81. The molecule has 20 heavy (non-hydrogen) atoms. The van der Waals surface area contributed by atoms with Gasteiger partial charge in [-0.05, 0) is 43.4 Å². The van der Waals surface area contributed by atoms with Crippen molar-refractivity contribution in [3.05, 3.63) is 30.1 Å². The highest BCUT2D eigenvalue weighted by Crippen LogP contribution is 2.30. The Hall–Kier alpha value is -0.980. The van der Waals surface area contributed by atoms with Crippen molar-refractivity contribution in [2.75, 3.05) is 19.7 Å². The zero-order chi connectivity index (χ0) is 14.2. The Kier molecular flexibility index (Phi) is 3.79. The fourth-order valence-electron chi connectivity index (χ4n) is 2.39. The second-order valence-corrected chi connectivity index (χ2v) is 7.45. The molecule has 0 aromatic heterocycles. The fourth-order valence-corrected chi connectivity index (χ4v) is 3.90. The van der Waals surface area contributed by atoms with E-state index in [1.54, 1.807) is 0 Å². The summed E-state index contributed by atoms with van der Waals surface area (Å²) in [5.41, 5.74) is 0. The number of rotatable bonds is 5. The molecule has 110 valence electrons. The topological polar surface area (TPSA) is 46.6 Å². The lowest BCUT2D eigenvalue weighted by Gasteiger charge is -2.17. The zero-order valence-electron chi connectivity index (χ0n) is 11.2. The highest BCUT2D eigenvalue weighted by molar-refractivity contribution is 7.89. The molecular formula is C14H18FNO3S. The fraction of sp³-hybridized carbons (Fsp3) is 0.571. The van der Waals surface area contributed by atoms with Crippen LogP contribution in [0.5, 0.6) is 0 Å². The molecule has 1 saturated carbocycles. The Morgan fingerprint density at radius 2 is 2.10 bits per heavy atom. The average Bonchev–Trinajstić information content (AvgIpc) is 3.12. The van der Waals surface area contributed by atoms with Gasteiger partial charge in [0.1, 0.15) is 5.82 Å². The number of halogens is 1. The normalized spacial score (nSPS) is 24.1. The highest BCUT2D eigenvalue weighted by atomic mass is 32.2. The minimum absolute atomic E-state index is 0.0142. The van der Waals surface area contributed by atoms with E-state index in [0.717, 1.165) is 12.7 Å². The largest absolute Gasteiger partial charge is 0.377 e. The molecule has 1 atom stereocenters. The second-order valence-electron chi connectivity index (χ2n) is 5.51. The predicted molar refractivity (Wildman–Crippen MR) is 72.2 cm³/mol. The van der Waals surface area contributed by atoms with E-state index in [2.05, 4.69) is 0 Å². The second kappa shape index (κ2) is 5.42. The van der Waals surface area contributed by atoms with Crippen molar-refractivity contribution < 1.29 is 17.5 Å². The summed E-state index contributed by atoms with van der Waals surface area (Å²) in [5.74, 6) is 0.135. The zero-order valence-corrected chi connectivity index (χ0v) is 12.0. The minimum atomic E-state index is -3.60. The molecule has 1 aromatic rings. The van der Waals surface area contributed by atoms with Crippen LogP contribution < -0.4 is 0 Å². The Balaban J connectivity index is 1.66. The lowest BCUT2D eigenvalue weighted by molar-refractivity contribution is 0.0561. The van der Waals surface area contributed by atoms with Gasteiger partial charge >= 0.3 is 0 Å². The molecular weight excluding hydrogens is 281 g/mol. The summed E-state index contributed by atoms with van der Waals surface area (Å²) < 4.78 is 45.1. The van der Waals surface area contributed by atoms with Crippen molar-refractivity contribution in [1.29, 1.82) is 0 Å². The van der Waals surface area contributed by atoms with Gasteiger partial charge in [0.05, 0.1) is 11.0 Å². The van der Waals surface area contributed by atoms with E-state index in [-0.39, 0.29) is 11.0 Å². The highest BCUT2D eigenvalue weighted by Gasteiger charge is 2.34. The van der Waals surface area contributed by atoms with Crippen LogP contribution in [0.2, 0.25) is 0 Å². The molecule has 0 spiro atoms. The maximum Gasteiger partial charge on any atom is 0.243 e. The molecule has 1 saturated heterocycles. The lowest BCUT2D eigenvalue weighted by atomic mass is 10.3. The first kappa shape index (κ1) is 14.0. The van der Waals surface area contributed by atoms with Gasteiger partial charge in [-0.1, -0.05) is 6.07 Å². The molecule has 0 radical (unpaired) electrons. The summed E-state index contributed by atoms with van der Waals surface area (Å²) in [6, 6.07) is 5.15. The number of benzene rings is 1. The van der Waals surface area contributed by atoms with Crippen LogP contribution in [0.4, 0.5) is 4.39 Å². The van der Waals surface area contributed by atoms with Gasteiger partial charge in [0.2, 0.25) is 10.0 Å². The summed E-state index contributed by atoms with van der Waals surface area (Å²) in [6.45, 7) is 1.54. The Morgan fingerprint density at radius 1 is 1.30 bits per heavy atom. The maximum atomic E-state index is 13.2. The summed E-state index contributed by atoms with van der Waals surface area (Å²) in [4.78, 5) is 0.0142. The molecule has 2 fully saturated rings. The first-order valence-electron chi connectivity index (χ1n) is 6.93. The number of nitrogens with zero attached hydrogens (tertiary/aromatic N) is 1. The van der Waals surface area contributed by atoms with Gasteiger partial charge in [0.25, 0.3) is 0 Å². The van der Waals surface area contributed by atoms with Crippen molar-refractivity contribution in [2.24, 2.45) is 5.92 Å². The average molecular weight is 299 g/mol. The first-order valence-corrected chi connectivity index (χ1v) is 8.37. The summed E-state index contributed by atoms with van der Waals surface area (Å²) in [5, 5.41) is 0. The van der Waals surface area contributed by atoms with Crippen molar-refractivity contribution in [1.82, 2.24) is 4.31 Å². The molecule has 0 unspecified atom stereocenters. The van der Waals surface area contributed by atoms with Crippen LogP contribution in [0.1, 0.15) is 19.3 Å². The molecule has 0 N–H and O–H groups in total. The van der Waals surface area contributed by atoms with Gasteiger partial charge in [-0.15, -0.1) is 0 Å². The van der Waals surface area contributed by atoms with Crippen molar-refractivity contribution >= 4 is 10.0 Å². The number of sulfonamides is 1. The molecule has 1 aliphatic carbocycles. The quantitative estimate of drug-likeness (QED) is 0.835. The molecule has 1 aromatic carbocycles. The SMILES string of the molecule is O=S(=O)(c1cccc(F)c1)N1CC[C@H](OCC2CC2)C1. The third-order valence-corrected chi connectivity index (χ3v) is 5.67. The third kappa shape index (κ3) is 3.02. The summed E-state index contributed by atoms with van der Waals surface area (Å²) >= 11 is 0. The van der Waals surface area contributed by atoms with Gasteiger partial charge in [-0.3, -0.25) is 0 Å². The van der Waals surface area contributed by atoms with Gasteiger partial charge < -0.3 is 4.74 Å². The van der Waals surface area contributed by atoms with Crippen LogP contribution >= 0.6 is 0 Å². The molecule has 0 amide bonds. The molecule has 1 heterocycles. The van der Waals surface area contributed by atoms with Crippen LogP contribution in [0.25, 0.3) is 0 Å². The maximum absolute atomic E-state index is 13.2. The Bertz CT molecular complexity index is 586. The summed E-state index contributed by atoms with van der Waals surface area (Å²) in [6.07, 6.45) is 3.12. The molecule has 6 heteroatoms. The molecule has 2 aliphatic rings. The monoisotopic (exact) mass is 299 g/mol. The van der Waals surface area contributed by atoms with Gasteiger partial charge in [0, 0.05) is 19.7 Å². The van der Waals surface area contributed by atoms with E-state index in [1.807, 2.05) is 0 Å². The van der Waals surface area contributed by atoms with Gasteiger partial charge in [-0.2, -0.15) is 4.31 Å². The van der Waals surface area contributed by atoms with Crippen molar-refractivity contribution in [3.63, 3.8) is 0 Å². The standard InChI is InChI=1S/C14H18FNO3S/c15-12-2-1-3-14(8-12)20(17,18)16-7-6-13(9-16)19-10-11-4-5-11/h1-3,8,11,13H,4-7,9-10H2/t13-/m0/s1. The van der Waals surface area contributed by atoms with Gasteiger partial charge in [0.15, 0.2) is 0 Å². The number of ether oxygens (including phenoxy) is 1. The van der Waals surface area contributed by atoms with Crippen LogP contribution in [-0.4, -0.2) is 38.5 Å². The van der Waals surface area contributed by atoms with Gasteiger partial charge in [-0.25, -0.2) is 12.8 Å². The first-order chi connectivity index (χ1) is 9.55. The lowest BCUT2D eigenvalue weighted by Crippen LogP contribution is -2.30. The number of hydrogen-bond donors (Lipinski definition) is 0. The van der Waals surface area contributed by atoms with E-state index in [1.165, 1.54) is 35.3 Å². The van der Waals surface area contributed by atoms with Crippen LogP contribution in [0, 0.1) is 11.7 Å². The van der Waals surface area contributed by atoms with E-state index in [9.17, 15) is 12.8 Å². The van der Waals surface area contributed by atoms with E-state index in [4.69, 9.17) is 4.74 Å². The van der Waals surface area contributed by atoms with Crippen molar-refractivity contribution in [3.8, 4) is 0 Å². The smallest absolute Gasteiger partial charge is 0.243 e. The number of hydrogen-bond acceptors (Lipinski definition) is 3. The predicted octanol–water partition coefficient (Wildman–Crippen LogP) is 2.02. The van der Waals surface area contributed by atoms with Crippen LogP contribution in [0.15, 0.2) is 29.2 Å². The Morgan fingerprint density at radius 3 is 2.80 bits per heavy atom. The molecule has 4 nitrogen and oxygen atoms in total. The minimum Gasteiger partial charge on any atom is -0.377 e. The Labute approximate surface area is 118 Å². The van der Waals surface area contributed by atoms with E-state index in [0.29, 0.717) is 25.4 Å². The molecule has 3 rings (SSSR count). The van der Waals surface area contributed by atoms with Crippen molar-refractivity contribution in [2.45, 2.75) is 30.3 Å². The van der Waals surface area contributed by atoms with E-state index >= 15 is 0 Å². The molecule has 1 aliphatic heterocycles. The van der Waals surface area contributed by atoms with Crippen LogP contribution in [0.3, 0.4) is 0 Å². The van der Waals surface area contributed by atoms with Crippen LogP contribution in [-0.2, 0) is 14.8 Å². The summed E-state index contributed by atoms with van der Waals surface area (Å²) in [7, 11) is -3.60. The molecule has 0 bridgehead atoms. The van der Waals surface area contributed by atoms with E-state index < -0.39 is 15.8 Å².